The zero-order valence-corrected chi connectivity index (χ0v) is 12.1. The molecule has 3 rings (SSSR count). The maximum Gasteiger partial charge on any atom is 0.146 e. The van der Waals surface area contributed by atoms with Crippen molar-refractivity contribution in [3.8, 4) is 17.5 Å². The lowest BCUT2D eigenvalue weighted by molar-refractivity contribution is 0.419. The lowest BCUT2D eigenvalue weighted by Crippen LogP contribution is -2.01. The lowest BCUT2D eigenvalue weighted by Gasteiger charge is -2.09. The van der Waals surface area contributed by atoms with Crippen LogP contribution in [0.4, 0.5) is 0 Å². The van der Waals surface area contributed by atoms with Gasteiger partial charge in [0, 0.05) is 0 Å². The van der Waals surface area contributed by atoms with Crippen molar-refractivity contribution in [1.82, 2.24) is 9.55 Å². The van der Waals surface area contributed by atoms with Gasteiger partial charge in [0.2, 0.25) is 0 Å². The number of alkyl halides is 1. The summed E-state index contributed by atoms with van der Waals surface area (Å²) in [7, 11) is 1.61. The molecule has 5 heteroatoms. The molecule has 2 aromatic carbocycles. The molecule has 0 unspecified atom stereocenters. The van der Waals surface area contributed by atoms with Crippen molar-refractivity contribution in [2.24, 2.45) is 0 Å². The Labute approximate surface area is 127 Å². The first-order valence-electron chi connectivity index (χ1n) is 6.40. The quantitative estimate of drug-likeness (QED) is 0.693. The number of methoxy groups -OCH3 is 1. The third-order valence-electron chi connectivity index (χ3n) is 3.32. The highest BCUT2D eigenvalue weighted by Crippen LogP contribution is 2.30. The molecular formula is C16H12ClN3O. The summed E-state index contributed by atoms with van der Waals surface area (Å²) in [6, 6.07) is 15.3. The molecule has 0 radical (unpaired) electrons. The highest BCUT2D eigenvalue weighted by atomic mass is 35.5. The molecule has 0 aliphatic rings. The van der Waals surface area contributed by atoms with Gasteiger partial charge in [0.1, 0.15) is 23.2 Å². The van der Waals surface area contributed by atoms with Gasteiger partial charge in [-0.2, -0.15) is 5.26 Å². The molecule has 0 bridgehead atoms. The first-order valence-corrected chi connectivity index (χ1v) is 6.93. The summed E-state index contributed by atoms with van der Waals surface area (Å²) >= 11 is 6.04. The number of benzene rings is 2. The van der Waals surface area contributed by atoms with Gasteiger partial charge in [-0.1, -0.05) is 18.2 Å². The van der Waals surface area contributed by atoms with Crippen LogP contribution in [0.2, 0.25) is 0 Å². The smallest absolute Gasteiger partial charge is 0.146 e. The number of nitriles is 1. The molecule has 4 nitrogen and oxygen atoms in total. The van der Waals surface area contributed by atoms with E-state index in [4.69, 9.17) is 16.3 Å². The number of rotatable bonds is 3. The van der Waals surface area contributed by atoms with Gasteiger partial charge in [0.15, 0.2) is 0 Å². The Balaban J connectivity index is 2.39. The van der Waals surface area contributed by atoms with Crippen LogP contribution in [0.15, 0.2) is 42.5 Å². The summed E-state index contributed by atoms with van der Waals surface area (Å²) in [5.74, 6) is 1.61. The van der Waals surface area contributed by atoms with Crippen LogP contribution in [-0.4, -0.2) is 16.7 Å². The first kappa shape index (κ1) is 13.5. The van der Waals surface area contributed by atoms with Crippen LogP contribution in [0.25, 0.3) is 16.7 Å². The Hall–Kier alpha value is -2.51. The van der Waals surface area contributed by atoms with E-state index in [0.717, 1.165) is 16.7 Å². The number of hydrogen-bond acceptors (Lipinski definition) is 3. The zero-order chi connectivity index (χ0) is 14.8. The number of nitrogens with zero attached hydrogens (tertiary/aromatic N) is 3. The van der Waals surface area contributed by atoms with E-state index < -0.39 is 0 Å². The molecule has 0 spiro atoms. The summed E-state index contributed by atoms with van der Waals surface area (Å²) in [5.41, 5.74) is 2.95. The fraction of sp³-hybridized carbons (Fsp3) is 0.125. The van der Waals surface area contributed by atoms with Gasteiger partial charge >= 0.3 is 0 Å². The average Bonchev–Trinajstić information content (AvgIpc) is 2.93. The first-order chi connectivity index (χ1) is 10.3. The van der Waals surface area contributed by atoms with Crippen LogP contribution in [0, 0.1) is 11.3 Å². The number of halogens is 1. The van der Waals surface area contributed by atoms with Gasteiger partial charge in [-0.05, 0) is 24.3 Å². The Morgan fingerprint density at radius 3 is 2.76 bits per heavy atom. The molecule has 0 aliphatic heterocycles. The second-order valence-electron chi connectivity index (χ2n) is 4.45. The van der Waals surface area contributed by atoms with Crippen LogP contribution >= 0.6 is 11.6 Å². The molecule has 21 heavy (non-hydrogen) atoms. The van der Waals surface area contributed by atoms with Crippen molar-refractivity contribution < 1.29 is 4.74 Å². The summed E-state index contributed by atoms with van der Waals surface area (Å²) < 4.78 is 7.25. The Morgan fingerprint density at radius 1 is 1.24 bits per heavy atom. The van der Waals surface area contributed by atoms with E-state index in [1.165, 1.54) is 0 Å². The number of imidazole rings is 1. The number of aromatic nitrogens is 2. The summed E-state index contributed by atoms with van der Waals surface area (Å²) in [6.45, 7) is 0. The molecule has 0 saturated carbocycles. The van der Waals surface area contributed by atoms with Gasteiger partial charge in [0.05, 0.1) is 29.8 Å². The van der Waals surface area contributed by atoms with Crippen LogP contribution in [0.5, 0.6) is 5.75 Å². The predicted molar refractivity (Wildman–Crippen MR) is 81.9 cm³/mol. The molecule has 104 valence electrons. The SMILES string of the molecule is COc1cccc2c1nc(CCl)n2-c1ccccc1C#N. The van der Waals surface area contributed by atoms with Crippen molar-refractivity contribution in [2.45, 2.75) is 5.88 Å². The number of para-hydroxylation sites is 2. The summed E-state index contributed by atoms with van der Waals surface area (Å²) in [4.78, 5) is 4.55. The Kier molecular flexibility index (Phi) is 3.51. The molecule has 0 fully saturated rings. The topological polar surface area (TPSA) is 50.8 Å². The minimum absolute atomic E-state index is 0.248. The summed E-state index contributed by atoms with van der Waals surface area (Å²) in [5, 5.41) is 9.31. The van der Waals surface area contributed by atoms with Crippen LogP contribution < -0.4 is 4.74 Å². The number of hydrogen-bond donors (Lipinski definition) is 0. The van der Waals surface area contributed by atoms with E-state index >= 15 is 0 Å². The molecule has 1 heterocycles. The molecule has 0 saturated heterocycles. The van der Waals surface area contributed by atoms with Crippen LogP contribution in [0.1, 0.15) is 11.4 Å². The minimum atomic E-state index is 0.248. The highest BCUT2D eigenvalue weighted by Gasteiger charge is 2.16. The van der Waals surface area contributed by atoms with Gasteiger partial charge < -0.3 is 4.74 Å². The van der Waals surface area contributed by atoms with E-state index in [1.807, 2.05) is 41.0 Å². The van der Waals surface area contributed by atoms with E-state index in [1.54, 1.807) is 13.2 Å². The molecule has 0 N–H and O–H groups in total. The van der Waals surface area contributed by atoms with E-state index in [9.17, 15) is 5.26 Å². The Morgan fingerprint density at radius 2 is 2.05 bits per heavy atom. The van der Waals surface area contributed by atoms with Crippen molar-refractivity contribution in [3.05, 3.63) is 53.9 Å². The Bertz CT molecular complexity index is 848. The average molecular weight is 298 g/mol. The largest absolute Gasteiger partial charge is 0.494 e. The molecular weight excluding hydrogens is 286 g/mol. The van der Waals surface area contributed by atoms with Gasteiger partial charge in [-0.3, -0.25) is 4.57 Å². The fourth-order valence-corrected chi connectivity index (χ4v) is 2.59. The van der Waals surface area contributed by atoms with Gasteiger partial charge in [0.25, 0.3) is 0 Å². The normalized spacial score (nSPS) is 10.5. The minimum Gasteiger partial charge on any atom is -0.494 e. The van der Waals surface area contributed by atoms with Gasteiger partial charge in [-0.15, -0.1) is 11.6 Å². The van der Waals surface area contributed by atoms with Crippen molar-refractivity contribution in [2.75, 3.05) is 7.11 Å². The highest BCUT2D eigenvalue weighted by molar-refractivity contribution is 6.17. The third kappa shape index (κ3) is 2.12. The maximum atomic E-state index is 9.31. The van der Waals surface area contributed by atoms with E-state index in [0.29, 0.717) is 17.1 Å². The molecule has 3 aromatic rings. The van der Waals surface area contributed by atoms with Crippen LogP contribution in [0.3, 0.4) is 0 Å². The third-order valence-corrected chi connectivity index (χ3v) is 3.56. The summed E-state index contributed by atoms with van der Waals surface area (Å²) in [6.07, 6.45) is 0. The van der Waals surface area contributed by atoms with Crippen molar-refractivity contribution in [3.63, 3.8) is 0 Å². The van der Waals surface area contributed by atoms with E-state index in [2.05, 4.69) is 11.1 Å². The standard InChI is InChI=1S/C16H12ClN3O/c1-21-14-8-4-7-13-16(14)19-15(9-17)20(13)12-6-3-2-5-11(12)10-18/h2-8H,9H2,1H3. The second kappa shape index (κ2) is 5.47. The molecule has 0 aliphatic carbocycles. The zero-order valence-electron chi connectivity index (χ0n) is 11.4. The monoisotopic (exact) mass is 297 g/mol. The van der Waals surface area contributed by atoms with Crippen LogP contribution in [-0.2, 0) is 5.88 Å². The molecule has 0 amide bonds. The van der Waals surface area contributed by atoms with E-state index in [-0.39, 0.29) is 5.88 Å². The second-order valence-corrected chi connectivity index (χ2v) is 4.72. The number of ether oxygens (including phenoxy) is 1. The lowest BCUT2D eigenvalue weighted by atomic mass is 10.2. The van der Waals surface area contributed by atoms with Gasteiger partial charge in [-0.25, -0.2) is 4.98 Å². The van der Waals surface area contributed by atoms with Crippen molar-refractivity contribution in [1.29, 1.82) is 5.26 Å². The molecule has 1 aromatic heterocycles. The molecule has 0 atom stereocenters. The fourth-order valence-electron chi connectivity index (χ4n) is 2.41. The maximum absolute atomic E-state index is 9.31. The predicted octanol–water partition coefficient (Wildman–Crippen LogP) is 3.64. The van der Waals surface area contributed by atoms with Crippen molar-refractivity contribution >= 4 is 22.6 Å². The number of fused-ring (bicyclic) bond motifs is 1.